The quantitative estimate of drug-likeness (QED) is 0.0365. The molecule has 49 heavy (non-hydrogen) atoms. The van der Waals surface area contributed by atoms with E-state index >= 15 is 0 Å². The van der Waals surface area contributed by atoms with Gasteiger partial charge in [-0.25, -0.2) is 4.79 Å². The summed E-state index contributed by atoms with van der Waals surface area (Å²) in [6, 6.07) is 0. The molecule has 0 aromatic carbocycles. The Labute approximate surface area is 306 Å². The molecule has 0 aromatic heterocycles. The monoisotopic (exact) mass is 692 g/mol. The molecule has 0 radical (unpaired) electrons. The second-order valence-electron chi connectivity index (χ2n) is 14.7. The summed E-state index contributed by atoms with van der Waals surface area (Å²) in [6.45, 7) is 7.06. The van der Waals surface area contributed by atoms with Crippen LogP contribution in [0, 0.1) is 0 Å². The van der Waals surface area contributed by atoms with Crippen molar-refractivity contribution in [3.05, 3.63) is 24.3 Å². The van der Waals surface area contributed by atoms with Crippen molar-refractivity contribution < 1.29 is 19.0 Å². The lowest BCUT2D eigenvalue weighted by Gasteiger charge is -2.18. The number of nitrogens with zero attached hydrogens (tertiary/aromatic N) is 1. The molecule has 0 aliphatic rings. The third kappa shape index (κ3) is 41.0. The Morgan fingerprint density at radius 2 is 0.980 bits per heavy atom. The Balaban J connectivity index is 3.95. The van der Waals surface area contributed by atoms with Crippen LogP contribution >= 0.6 is 0 Å². The smallest absolute Gasteiger partial charge is 0.434 e. The van der Waals surface area contributed by atoms with Crippen LogP contribution in [0.2, 0.25) is 0 Å². The van der Waals surface area contributed by atoms with Crippen molar-refractivity contribution in [2.24, 2.45) is 0 Å². The second kappa shape index (κ2) is 41.1. The van der Waals surface area contributed by atoms with Crippen LogP contribution in [0.15, 0.2) is 24.3 Å². The van der Waals surface area contributed by atoms with Crippen LogP contribution in [0.1, 0.15) is 206 Å². The number of allylic oxidation sites excluding steroid dienone is 4. The first-order chi connectivity index (χ1) is 24.1. The molecule has 0 amide bonds. The first-order valence-corrected chi connectivity index (χ1v) is 21.5. The van der Waals surface area contributed by atoms with Gasteiger partial charge in [0.1, 0.15) is 6.10 Å². The summed E-state index contributed by atoms with van der Waals surface area (Å²) in [5, 5.41) is 0. The van der Waals surface area contributed by atoms with Crippen molar-refractivity contribution >= 4 is 6.16 Å². The van der Waals surface area contributed by atoms with Crippen LogP contribution in [0.25, 0.3) is 0 Å². The van der Waals surface area contributed by atoms with Gasteiger partial charge in [0.15, 0.2) is 0 Å². The first-order valence-electron chi connectivity index (χ1n) is 21.5. The minimum atomic E-state index is -0.544. The van der Waals surface area contributed by atoms with Crippen LogP contribution in [-0.2, 0) is 14.2 Å². The van der Waals surface area contributed by atoms with Crippen LogP contribution in [0.3, 0.4) is 0 Å². The van der Waals surface area contributed by atoms with Gasteiger partial charge < -0.3 is 19.1 Å². The maximum atomic E-state index is 12.3. The molecular formula is C44H85NO4. The lowest BCUT2D eigenvalue weighted by Crippen LogP contribution is -2.25. The van der Waals surface area contributed by atoms with Crippen molar-refractivity contribution in [3.63, 3.8) is 0 Å². The third-order valence-corrected chi connectivity index (χ3v) is 9.41. The molecule has 0 fully saturated rings. The van der Waals surface area contributed by atoms with E-state index in [9.17, 15) is 4.79 Å². The molecule has 0 aromatic rings. The van der Waals surface area contributed by atoms with Crippen molar-refractivity contribution in [2.75, 3.05) is 40.5 Å². The fraction of sp³-hybridized carbons (Fsp3) is 0.886. The lowest BCUT2D eigenvalue weighted by atomic mass is 10.0. The molecule has 0 N–H and O–H groups in total. The fourth-order valence-corrected chi connectivity index (χ4v) is 6.21. The van der Waals surface area contributed by atoms with Gasteiger partial charge in [-0.2, -0.15) is 0 Å². The standard InChI is InChI=1S/C44H85NO4/c1-5-7-9-11-13-15-17-19-21-23-25-27-29-31-33-35-38-43(49-44(46)48-41-37-39-45(3)4)42-47-40-36-34-32-30-28-26-24-22-20-18-16-14-12-10-8-6-2/h14,16,20,22,43H,5-13,15,17-19,21,23-42H2,1-4H3/b16-14-,22-20-. The number of rotatable bonds is 39. The molecule has 0 heterocycles. The summed E-state index contributed by atoms with van der Waals surface area (Å²) in [4.78, 5) is 14.4. The van der Waals surface area contributed by atoms with Gasteiger partial charge >= 0.3 is 6.16 Å². The van der Waals surface area contributed by atoms with Crippen LogP contribution in [0.5, 0.6) is 0 Å². The van der Waals surface area contributed by atoms with Gasteiger partial charge in [-0.3, -0.25) is 0 Å². The molecule has 290 valence electrons. The van der Waals surface area contributed by atoms with E-state index in [2.05, 4.69) is 43.1 Å². The fourth-order valence-electron chi connectivity index (χ4n) is 6.21. The summed E-state index contributed by atoms with van der Waals surface area (Å²) in [5.74, 6) is 0. The summed E-state index contributed by atoms with van der Waals surface area (Å²) >= 11 is 0. The Hall–Kier alpha value is -1.33. The van der Waals surface area contributed by atoms with Crippen LogP contribution in [0.4, 0.5) is 4.79 Å². The lowest BCUT2D eigenvalue weighted by molar-refractivity contribution is -0.0211. The second-order valence-corrected chi connectivity index (χ2v) is 14.7. The molecule has 0 aliphatic carbocycles. The van der Waals surface area contributed by atoms with E-state index in [1.165, 1.54) is 161 Å². The number of carbonyl (C=O) groups is 1. The number of carbonyl (C=O) groups excluding carboxylic acids is 1. The van der Waals surface area contributed by atoms with Gasteiger partial charge in [0, 0.05) is 13.2 Å². The van der Waals surface area contributed by atoms with Crippen molar-refractivity contribution in [3.8, 4) is 0 Å². The molecule has 0 spiro atoms. The Morgan fingerprint density at radius 3 is 1.51 bits per heavy atom. The zero-order chi connectivity index (χ0) is 35.7. The minimum absolute atomic E-state index is 0.211. The average Bonchev–Trinajstić information content (AvgIpc) is 3.09. The van der Waals surface area contributed by atoms with Crippen LogP contribution in [-0.4, -0.2) is 57.6 Å². The largest absolute Gasteiger partial charge is 0.508 e. The molecule has 5 nitrogen and oxygen atoms in total. The Morgan fingerprint density at radius 1 is 0.531 bits per heavy atom. The van der Waals surface area contributed by atoms with Crippen molar-refractivity contribution in [2.45, 2.75) is 213 Å². The maximum absolute atomic E-state index is 12.3. The molecule has 0 rings (SSSR count). The van der Waals surface area contributed by atoms with Gasteiger partial charge in [0.25, 0.3) is 0 Å². The van der Waals surface area contributed by atoms with Crippen molar-refractivity contribution in [1.29, 1.82) is 0 Å². The number of ether oxygens (including phenoxy) is 3. The topological polar surface area (TPSA) is 48.0 Å². The highest BCUT2D eigenvalue weighted by Gasteiger charge is 2.16. The van der Waals surface area contributed by atoms with Crippen LogP contribution < -0.4 is 0 Å². The van der Waals surface area contributed by atoms with Gasteiger partial charge in [-0.1, -0.05) is 173 Å². The summed E-state index contributed by atoms with van der Waals surface area (Å²) in [5.41, 5.74) is 0. The average molecular weight is 692 g/mol. The normalized spacial score (nSPS) is 12.5. The molecule has 0 aliphatic heterocycles. The number of unbranched alkanes of at least 4 members (excludes halogenated alkanes) is 24. The van der Waals surface area contributed by atoms with Gasteiger partial charge in [0.05, 0.1) is 13.2 Å². The zero-order valence-corrected chi connectivity index (χ0v) is 33.5. The first kappa shape index (κ1) is 47.7. The highest BCUT2D eigenvalue weighted by molar-refractivity contribution is 5.60. The van der Waals surface area contributed by atoms with Gasteiger partial charge in [0.2, 0.25) is 0 Å². The van der Waals surface area contributed by atoms with E-state index in [0.717, 1.165) is 45.3 Å². The van der Waals surface area contributed by atoms with E-state index in [0.29, 0.717) is 13.2 Å². The van der Waals surface area contributed by atoms with E-state index in [1.807, 2.05) is 14.1 Å². The third-order valence-electron chi connectivity index (χ3n) is 9.41. The maximum Gasteiger partial charge on any atom is 0.508 e. The summed E-state index contributed by atoms with van der Waals surface area (Å²) in [7, 11) is 4.05. The highest BCUT2D eigenvalue weighted by atomic mass is 16.7. The van der Waals surface area contributed by atoms with E-state index in [1.54, 1.807) is 0 Å². The highest BCUT2D eigenvalue weighted by Crippen LogP contribution is 2.16. The van der Waals surface area contributed by atoms with Gasteiger partial charge in [-0.05, 0) is 71.9 Å². The molecule has 0 saturated carbocycles. The Kier molecular flexibility index (Phi) is 40.0. The molecule has 1 unspecified atom stereocenters. The number of hydrogen-bond acceptors (Lipinski definition) is 5. The summed E-state index contributed by atoms with van der Waals surface area (Å²) < 4.78 is 17.0. The van der Waals surface area contributed by atoms with E-state index < -0.39 is 6.16 Å². The minimum Gasteiger partial charge on any atom is -0.434 e. The zero-order valence-electron chi connectivity index (χ0n) is 33.5. The number of hydrogen-bond donors (Lipinski definition) is 0. The van der Waals surface area contributed by atoms with Gasteiger partial charge in [-0.15, -0.1) is 0 Å². The molecular weight excluding hydrogens is 606 g/mol. The van der Waals surface area contributed by atoms with Crippen molar-refractivity contribution in [1.82, 2.24) is 4.90 Å². The molecule has 1 atom stereocenters. The predicted molar refractivity (Wildman–Crippen MR) is 214 cm³/mol. The molecule has 0 bridgehead atoms. The Bertz CT molecular complexity index is 707. The van der Waals surface area contributed by atoms with E-state index in [-0.39, 0.29) is 6.10 Å². The summed E-state index contributed by atoms with van der Waals surface area (Å²) in [6.07, 6.45) is 46.9. The SMILES string of the molecule is CCCCC/C=C\C/C=C\CCCCCCCCOCC(CCCCCCCCCCCCCCCCCC)OC(=O)OCCCN(C)C. The predicted octanol–water partition coefficient (Wildman–Crippen LogP) is 13.9. The van der Waals surface area contributed by atoms with E-state index in [4.69, 9.17) is 14.2 Å². The molecule has 0 saturated heterocycles. The molecule has 5 heteroatoms.